The van der Waals surface area contributed by atoms with Crippen molar-refractivity contribution in [3.05, 3.63) is 72.6 Å². The summed E-state index contributed by atoms with van der Waals surface area (Å²) in [6.07, 6.45) is 6.39. The summed E-state index contributed by atoms with van der Waals surface area (Å²) in [4.78, 5) is 16.1. The predicted molar refractivity (Wildman–Crippen MR) is 131 cm³/mol. The van der Waals surface area contributed by atoms with Gasteiger partial charge in [0, 0.05) is 13.0 Å². The maximum atomic E-state index is 11.2. The average molecular weight is 434 g/mol. The minimum atomic E-state index is -0.110. The average Bonchev–Trinajstić information content (AvgIpc) is 3.18. The molecule has 5 nitrogen and oxygen atoms in total. The number of imidazole rings is 1. The molecule has 1 unspecified atom stereocenters. The van der Waals surface area contributed by atoms with Crippen LogP contribution >= 0.6 is 0 Å². The van der Waals surface area contributed by atoms with E-state index in [0.717, 1.165) is 61.3 Å². The lowest BCUT2D eigenvalue weighted by atomic mass is 9.99. The molecule has 1 N–H and O–H groups in total. The number of benzene rings is 2. The van der Waals surface area contributed by atoms with Crippen molar-refractivity contribution in [1.82, 2.24) is 14.9 Å². The first kappa shape index (κ1) is 23.6. The molecule has 2 aromatic carbocycles. The minimum Gasteiger partial charge on any atom is -0.492 e. The predicted octanol–water partition coefficient (Wildman–Crippen LogP) is 5.64. The van der Waals surface area contributed by atoms with E-state index >= 15 is 0 Å². The van der Waals surface area contributed by atoms with Gasteiger partial charge in [-0.2, -0.15) is 0 Å². The Morgan fingerprint density at radius 3 is 2.69 bits per heavy atom. The molecule has 1 aromatic heterocycles. The van der Waals surface area contributed by atoms with Crippen LogP contribution in [0.2, 0.25) is 0 Å². The summed E-state index contributed by atoms with van der Waals surface area (Å²) in [5.41, 5.74) is 3.53. The number of fused-ring (bicyclic) bond motifs is 1. The number of nitrogens with zero attached hydrogens (tertiary/aromatic N) is 2. The van der Waals surface area contributed by atoms with E-state index in [1.165, 1.54) is 11.6 Å². The van der Waals surface area contributed by atoms with Gasteiger partial charge in [0.2, 0.25) is 5.91 Å². The van der Waals surface area contributed by atoms with Crippen molar-refractivity contribution in [1.29, 1.82) is 0 Å². The van der Waals surface area contributed by atoms with Crippen LogP contribution in [0.1, 0.15) is 56.8 Å². The summed E-state index contributed by atoms with van der Waals surface area (Å²) >= 11 is 0. The van der Waals surface area contributed by atoms with Gasteiger partial charge in [0.25, 0.3) is 0 Å². The van der Waals surface area contributed by atoms with Crippen LogP contribution < -0.4 is 10.1 Å². The number of hydrogen-bond donors (Lipinski definition) is 1. The fourth-order valence-electron chi connectivity index (χ4n) is 3.82. The number of nitrogens with one attached hydrogen (secondary N) is 1. The number of carbonyl (C=O) groups is 1. The summed E-state index contributed by atoms with van der Waals surface area (Å²) in [5, 5.41) is 2.83. The van der Waals surface area contributed by atoms with Crippen LogP contribution in [0.5, 0.6) is 5.75 Å². The highest BCUT2D eigenvalue weighted by Gasteiger charge is 2.10. The molecule has 0 aliphatic carbocycles. The Morgan fingerprint density at radius 1 is 1.16 bits per heavy atom. The summed E-state index contributed by atoms with van der Waals surface area (Å²) < 4.78 is 8.33. The van der Waals surface area contributed by atoms with Crippen LogP contribution in [0.4, 0.5) is 0 Å². The second kappa shape index (κ2) is 12.1. The molecule has 0 aliphatic rings. The summed E-state index contributed by atoms with van der Waals surface area (Å²) in [6.45, 7) is 9.98. The van der Waals surface area contributed by atoms with Gasteiger partial charge in [0.15, 0.2) is 0 Å². The zero-order chi connectivity index (χ0) is 22.8. The first-order valence-corrected chi connectivity index (χ1v) is 11.7. The number of unbranched alkanes of at least 4 members (excludes halogenated alkanes) is 2. The van der Waals surface area contributed by atoms with Crippen LogP contribution in [0, 0.1) is 0 Å². The second-order valence-electron chi connectivity index (χ2n) is 8.20. The van der Waals surface area contributed by atoms with Gasteiger partial charge in [-0.3, -0.25) is 4.79 Å². The maximum Gasteiger partial charge on any atom is 0.243 e. The Hall–Kier alpha value is -3.08. The van der Waals surface area contributed by atoms with Crippen LogP contribution in [-0.2, 0) is 17.8 Å². The van der Waals surface area contributed by atoms with Crippen molar-refractivity contribution >= 4 is 16.9 Å². The molecule has 5 heteroatoms. The molecule has 0 saturated heterocycles. The Kier molecular flexibility index (Phi) is 8.90. The van der Waals surface area contributed by atoms with Gasteiger partial charge >= 0.3 is 0 Å². The summed E-state index contributed by atoms with van der Waals surface area (Å²) in [6, 6.07) is 16.7. The molecule has 170 valence electrons. The number of aryl methyl sites for hydroxylation is 1. The molecule has 0 radical (unpaired) electrons. The van der Waals surface area contributed by atoms with Gasteiger partial charge in [-0.15, -0.1) is 0 Å². The number of aromatic nitrogens is 2. The van der Waals surface area contributed by atoms with E-state index in [2.05, 4.69) is 72.8 Å². The molecule has 3 rings (SSSR count). The van der Waals surface area contributed by atoms with E-state index in [0.29, 0.717) is 19.1 Å². The first-order valence-electron chi connectivity index (χ1n) is 11.7. The van der Waals surface area contributed by atoms with Crippen molar-refractivity contribution in [2.45, 2.75) is 58.4 Å². The molecule has 0 bridgehead atoms. The van der Waals surface area contributed by atoms with E-state index in [-0.39, 0.29) is 5.91 Å². The van der Waals surface area contributed by atoms with Crippen LogP contribution in [0.15, 0.2) is 61.2 Å². The number of para-hydroxylation sites is 2. The largest absolute Gasteiger partial charge is 0.492 e. The van der Waals surface area contributed by atoms with Crippen LogP contribution in [-0.4, -0.2) is 28.6 Å². The molecule has 0 spiro atoms. The van der Waals surface area contributed by atoms with Crippen molar-refractivity contribution in [3.63, 3.8) is 0 Å². The molecule has 1 atom stereocenters. The first-order chi connectivity index (χ1) is 15.6. The molecule has 1 amide bonds. The van der Waals surface area contributed by atoms with Crippen molar-refractivity contribution in [3.8, 4) is 5.75 Å². The smallest absolute Gasteiger partial charge is 0.243 e. The zero-order valence-corrected chi connectivity index (χ0v) is 19.3. The standard InChI is InChI=1S/C27H35N3O2/c1-4-21(3)22-14-16-23(17-15-22)32-20-19-30-25-12-9-8-11-24(25)29-26(30)13-7-6-10-18-28-27(31)5-2/h5,8-9,11-12,14-17,21H,2,4,6-7,10,13,18-20H2,1,3H3,(H,28,31). The fourth-order valence-corrected chi connectivity index (χ4v) is 3.82. The van der Waals surface area contributed by atoms with Gasteiger partial charge in [-0.05, 0) is 61.1 Å². The number of carbonyl (C=O) groups excluding carboxylic acids is 1. The Morgan fingerprint density at radius 2 is 1.94 bits per heavy atom. The number of rotatable bonds is 13. The molecule has 0 saturated carbocycles. The molecule has 3 aromatic rings. The second-order valence-corrected chi connectivity index (χ2v) is 8.20. The molecule has 0 aliphatic heterocycles. The monoisotopic (exact) mass is 433 g/mol. The topological polar surface area (TPSA) is 56.2 Å². The van der Waals surface area contributed by atoms with Gasteiger partial charge in [0.1, 0.15) is 18.2 Å². The Balaban J connectivity index is 1.55. The molecular weight excluding hydrogens is 398 g/mol. The van der Waals surface area contributed by atoms with Gasteiger partial charge in [-0.25, -0.2) is 4.98 Å². The molecular formula is C27H35N3O2. The van der Waals surface area contributed by atoms with Crippen LogP contribution in [0.25, 0.3) is 11.0 Å². The minimum absolute atomic E-state index is 0.110. The van der Waals surface area contributed by atoms with Crippen molar-refractivity contribution in [2.75, 3.05) is 13.2 Å². The maximum absolute atomic E-state index is 11.2. The molecule has 32 heavy (non-hydrogen) atoms. The van der Waals surface area contributed by atoms with E-state index < -0.39 is 0 Å². The number of hydrogen-bond acceptors (Lipinski definition) is 3. The Labute approximate surface area is 191 Å². The number of amides is 1. The van der Waals surface area contributed by atoms with Gasteiger partial charge < -0.3 is 14.6 Å². The third-order valence-corrected chi connectivity index (χ3v) is 5.94. The third kappa shape index (κ3) is 6.46. The normalized spacial score (nSPS) is 11.9. The van der Waals surface area contributed by atoms with Gasteiger partial charge in [-0.1, -0.05) is 51.1 Å². The number of ether oxygens (including phenoxy) is 1. The summed E-state index contributed by atoms with van der Waals surface area (Å²) in [7, 11) is 0. The quantitative estimate of drug-likeness (QED) is 0.280. The lowest BCUT2D eigenvalue weighted by Gasteiger charge is -2.13. The molecule has 0 fully saturated rings. The zero-order valence-electron chi connectivity index (χ0n) is 19.3. The highest BCUT2D eigenvalue weighted by Crippen LogP contribution is 2.22. The van der Waals surface area contributed by atoms with Crippen LogP contribution in [0.3, 0.4) is 0 Å². The van der Waals surface area contributed by atoms with Crippen molar-refractivity contribution < 1.29 is 9.53 Å². The fraction of sp³-hybridized carbons (Fsp3) is 0.407. The van der Waals surface area contributed by atoms with Crippen molar-refractivity contribution in [2.24, 2.45) is 0 Å². The highest BCUT2D eigenvalue weighted by atomic mass is 16.5. The SMILES string of the molecule is C=CC(=O)NCCCCCc1nc2ccccc2n1CCOc1ccc(C(C)CC)cc1. The van der Waals surface area contributed by atoms with E-state index in [9.17, 15) is 4.79 Å². The molecule has 1 heterocycles. The Bertz CT molecular complexity index is 1010. The summed E-state index contributed by atoms with van der Waals surface area (Å²) in [5.74, 6) is 2.46. The van der Waals surface area contributed by atoms with E-state index in [1.807, 2.05) is 6.07 Å². The third-order valence-electron chi connectivity index (χ3n) is 5.94. The lowest BCUT2D eigenvalue weighted by molar-refractivity contribution is -0.116. The van der Waals surface area contributed by atoms with Gasteiger partial charge in [0.05, 0.1) is 17.6 Å². The lowest BCUT2D eigenvalue weighted by Crippen LogP contribution is -2.21. The highest BCUT2D eigenvalue weighted by molar-refractivity contribution is 5.86. The van der Waals surface area contributed by atoms with E-state index in [1.54, 1.807) is 0 Å². The van der Waals surface area contributed by atoms with E-state index in [4.69, 9.17) is 9.72 Å².